The Hall–Kier alpha value is -3.07. The largest absolute Gasteiger partial charge is 0.383 e. The molecule has 190 valence electrons. The molecule has 0 amide bonds. The third kappa shape index (κ3) is 6.19. The maximum absolute atomic E-state index is 13.3. The highest BCUT2D eigenvalue weighted by Gasteiger charge is 2.22. The first-order chi connectivity index (χ1) is 17.7. The van der Waals surface area contributed by atoms with Crippen LogP contribution in [0.25, 0.3) is 10.9 Å². The molecule has 0 spiro atoms. The molecule has 36 heavy (non-hydrogen) atoms. The molecule has 2 N–H and O–H groups in total. The molecule has 1 saturated heterocycles. The number of H-pyrrole nitrogens is 1. The number of ether oxygens (including phenoxy) is 1. The van der Waals surface area contributed by atoms with Crippen LogP contribution < -0.4 is 5.32 Å². The van der Waals surface area contributed by atoms with Crippen molar-refractivity contribution in [2.45, 2.75) is 44.3 Å². The van der Waals surface area contributed by atoms with Crippen molar-refractivity contribution in [3.05, 3.63) is 83.8 Å². The fourth-order valence-electron chi connectivity index (χ4n) is 5.24. The van der Waals surface area contributed by atoms with Gasteiger partial charge in [-0.25, -0.2) is 14.1 Å². The Balaban J connectivity index is 1.09. The van der Waals surface area contributed by atoms with Crippen LogP contribution in [0.4, 0.5) is 4.39 Å². The van der Waals surface area contributed by atoms with Crippen molar-refractivity contribution in [2.24, 2.45) is 0 Å². The number of likely N-dealkylation sites (tertiary alicyclic amines) is 1. The van der Waals surface area contributed by atoms with Gasteiger partial charge in [-0.15, -0.1) is 0 Å². The molecular weight excluding hydrogens is 455 g/mol. The van der Waals surface area contributed by atoms with Gasteiger partial charge in [0.1, 0.15) is 18.5 Å². The van der Waals surface area contributed by atoms with Gasteiger partial charge in [0.05, 0.1) is 19.2 Å². The number of hydrogen-bond acceptors (Lipinski definition) is 5. The lowest BCUT2D eigenvalue weighted by Gasteiger charge is -2.34. The number of aromatic nitrogens is 4. The van der Waals surface area contributed by atoms with E-state index in [1.165, 1.54) is 34.2 Å². The lowest BCUT2D eigenvalue weighted by molar-refractivity contribution is 0.141. The summed E-state index contributed by atoms with van der Waals surface area (Å²) in [5.74, 6) is -0.205. The van der Waals surface area contributed by atoms with Crippen molar-refractivity contribution in [2.75, 3.05) is 33.4 Å². The SMILES string of the molecule is COCC(NC1CCN(CCCc2c[nH]c3ccc(Cn4cncn4)cc23)CC1)c1ccc(F)cc1. The molecule has 1 unspecified atom stereocenters. The van der Waals surface area contributed by atoms with Crippen LogP contribution in [0.1, 0.15) is 42.0 Å². The molecule has 1 aliphatic rings. The lowest BCUT2D eigenvalue weighted by atomic mass is 10.0. The van der Waals surface area contributed by atoms with E-state index in [0.717, 1.165) is 57.4 Å². The molecule has 1 atom stereocenters. The van der Waals surface area contributed by atoms with E-state index in [1.54, 1.807) is 19.8 Å². The van der Waals surface area contributed by atoms with Gasteiger partial charge in [0.25, 0.3) is 0 Å². The summed E-state index contributed by atoms with van der Waals surface area (Å²) >= 11 is 0. The van der Waals surface area contributed by atoms with E-state index in [2.05, 4.69) is 49.7 Å². The molecule has 3 heterocycles. The Morgan fingerprint density at radius 2 is 2.00 bits per heavy atom. The summed E-state index contributed by atoms with van der Waals surface area (Å²) in [6.07, 6.45) is 9.90. The number of aromatic amines is 1. The number of halogens is 1. The number of benzene rings is 2. The van der Waals surface area contributed by atoms with Gasteiger partial charge in [-0.05, 0) is 86.3 Å². The highest BCUT2D eigenvalue weighted by atomic mass is 19.1. The van der Waals surface area contributed by atoms with E-state index < -0.39 is 0 Å². The van der Waals surface area contributed by atoms with Crippen molar-refractivity contribution >= 4 is 10.9 Å². The predicted octanol–water partition coefficient (Wildman–Crippen LogP) is 4.32. The molecule has 0 saturated carbocycles. The summed E-state index contributed by atoms with van der Waals surface area (Å²) in [5, 5.41) is 9.27. The van der Waals surface area contributed by atoms with Gasteiger partial charge in [-0.3, -0.25) is 0 Å². The minimum atomic E-state index is -0.205. The number of hydrogen-bond donors (Lipinski definition) is 2. The summed E-state index contributed by atoms with van der Waals surface area (Å²) in [6.45, 7) is 4.61. The van der Waals surface area contributed by atoms with Crippen molar-refractivity contribution in [1.82, 2.24) is 30.0 Å². The Morgan fingerprint density at radius 1 is 1.17 bits per heavy atom. The number of methoxy groups -OCH3 is 1. The van der Waals surface area contributed by atoms with Crippen LogP contribution in [0.5, 0.6) is 0 Å². The molecule has 0 radical (unpaired) electrons. The lowest BCUT2D eigenvalue weighted by Crippen LogP contribution is -2.44. The van der Waals surface area contributed by atoms with E-state index in [9.17, 15) is 4.39 Å². The number of fused-ring (bicyclic) bond motifs is 1. The Kier molecular flexibility index (Phi) is 8.05. The van der Waals surface area contributed by atoms with E-state index in [-0.39, 0.29) is 11.9 Å². The molecular formula is C28H35FN6O. The van der Waals surface area contributed by atoms with Crippen molar-refractivity contribution in [1.29, 1.82) is 0 Å². The average Bonchev–Trinajstić information content (AvgIpc) is 3.55. The van der Waals surface area contributed by atoms with E-state index in [0.29, 0.717) is 12.6 Å². The van der Waals surface area contributed by atoms with Gasteiger partial charge in [-0.1, -0.05) is 18.2 Å². The van der Waals surface area contributed by atoms with Gasteiger partial charge in [0.2, 0.25) is 0 Å². The zero-order valence-corrected chi connectivity index (χ0v) is 20.9. The minimum Gasteiger partial charge on any atom is -0.383 e. The minimum absolute atomic E-state index is 0.0865. The van der Waals surface area contributed by atoms with E-state index >= 15 is 0 Å². The summed E-state index contributed by atoms with van der Waals surface area (Å²) in [5.41, 5.74) is 4.87. The highest BCUT2D eigenvalue weighted by molar-refractivity contribution is 5.83. The second-order valence-corrected chi connectivity index (χ2v) is 9.73. The normalized spacial score (nSPS) is 16.1. The number of piperidine rings is 1. The van der Waals surface area contributed by atoms with Crippen molar-refractivity contribution < 1.29 is 9.13 Å². The molecule has 2 aromatic heterocycles. The van der Waals surface area contributed by atoms with Gasteiger partial charge in [0, 0.05) is 30.3 Å². The zero-order chi connectivity index (χ0) is 24.7. The van der Waals surface area contributed by atoms with Crippen LogP contribution in [0, 0.1) is 5.82 Å². The molecule has 0 bridgehead atoms. The highest BCUT2D eigenvalue weighted by Crippen LogP contribution is 2.23. The van der Waals surface area contributed by atoms with Crippen molar-refractivity contribution in [3.8, 4) is 0 Å². The first kappa shape index (κ1) is 24.6. The molecule has 2 aromatic carbocycles. The van der Waals surface area contributed by atoms with Crippen LogP contribution in [-0.4, -0.2) is 64.0 Å². The van der Waals surface area contributed by atoms with Gasteiger partial charge >= 0.3 is 0 Å². The smallest absolute Gasteiger partial charge is 0.137 e. The summed E-state index contributed by atoms with van der Waals surface area (Å²) < 4.78 is 20.6. The quantitative estimate of drug-likeness (QED) is 0.328. The number of aryl methyl sites for hydroxylation is 1. The van der Waals surface area contributed by atoms with Crippen LogP contribution in [-0.2, 0) is 17.7 Å². The molecule has 5 rings (SSSR count). The molecule has 8 heteroatoms. The fraction of sp³-hybridized carbons (Fsp3) is 0.429. The molecule has 1 fully saturated rings. The Bertz CT molecular complexity index is 1210. The predicted molar refractivity (Wildman–Crippen MR) is 139 cm³/mol. The van der Waals surface area contributed by atoms with Crippen LogP contribution in [0.15, 0.2) is 61.3 Å². The van der Waals surface area contributed by atoms with Crippen LogP contribution >= 0.6 is 0 Å². The molecule has 7 nitrogen and oxygen atoms in total. The third-order valence-corrected chi connectivity index (χ3v) is 7.19. The second kappa shape index (κ2) is 11.8. The number of nitrogens with zero attached hydrogens (tertiary/aromatic N) is 4. The molecule has 1 aliphatic heterocycles. The van der Waals surface area contributed by atoms with Gasteiger partial charge in [-0.2, -0.15) is 5.10 Å². The summed E-state index contributed by atoms with van der Waals surface area (Å²) in [4.78, 5) is 10.0. The van der Waals surface area contributed by atoms with Crippen molar-refractivity contribution in [3.63, 3.8) is 0 Å². The van der Waals surface area contributed by atoms with Crippen LogP contribution in [0.3, 0.4) is 0 Å². The maximum atomic E-state index is 13.3. The number of nitrogens with one attached hydrogen (secondary N) is 2. The standard InChI is InChI=1S/C28H35FN6O/c1-36-18-28(22-5-7-24(29)8-6-22)33-25-10-13-34(14-11-25)12-2-3-23-16-31-27-9-4-21(15-26(23)27)17-35-20-30-19-32-35/h4-9,15-16,19-20,25,28,31,33H,2-3,10-14,17-18H2,1H3. The fourth-order valence-corrected chi connectivity index (χ4v) is 5.24. The zero-order valence-electron chi connectivity index (χ0n) is 20.9. The van der Waals surface area contributed by atoms with Gasteiger partial charge < -0.3 is 19.9 Å². The topological polar surface area (TPSA) is 71.0 Å². The van der Waals surface area contributed by atoms with Gasteiger partial charge in [0.15, 0.2) is 0 Å². The van der Waals surface area contributed by atoms with E-state index in [1.807, 2.05) is 16.8 Å². The summed E-state index contributed by atoms with van der Waals surface area (Å²) in [7, 11) is 1.71. The molecule has 4 aromatic rings. The Labute approximate surface area is 211 Å². The Morgan fingerprint density at radius 3 is 2.75 bits per heavy atom. The van der Waals surface area contributed by atoms with Crippen LogP contribution in [0.2, 0.25) is 0 Å². The first-order valence-corrected chi connectivity index (χ1v) is 12.8. The maximum Gasteiger partial charge on any atom is 0.137 e. The monoisotopic (exact) mass is 490 g/mol. The second-order valence-electron chi connectivity index (χ2n) is 9.73. The molecule has 0 aliphatic carbocycles. The first-order valence-electron chi connectivity index (χ1n) is 12.8. The third-order valence-electron chi connectivity index (χ3n) is 7.19. The number of rotatable bonds is 11. The average molecular weight is 491 g/mol. The van der Waals surface area contributed by atoms with E-state index in [4.69, 9.17) is 4.74 Å². The summed E-state index contributed by atoms with van der Waals surface area (Å²) in [6, 6.07) is 13.9.